The van der Waals surface area contributed by atoms with Crippen molar-refractivity contribution in [2.75, 3.05) is 30.8 Å². The number of ether oxygens (including phenoxy) is 1. The first-order valence-electron chi connectivity index (χ1n) is 9.39. The Hall–Kier alpha value is -3.42. The summed E-state index contributed by atoms with van der Waals surface area (Å²) < 4.78 is 7.06. The molecule has 0 spiro atoms. The van der Waals surface area contributed by atoms with Gasteiger partial charge < -0.3 is 15.4 Å². The molecule has 0 bridgehead atoms. The molecule has 4 aromatic rings. The molecule has 0 amide bonds. The molecule has 1 aliphatic rings. The zero-order chi connectivity index (χ0) is 19.1. The lowest BCUT2D eigenvalue weighted by Crippen LogP contribution is -2.35. The van der Waals surface area contributed by atoms with Crippen LogP contribution in [-0.2, 0) is 0 Å². The minimum absolute atomic E-state index is 0.218. The van der Waals surface area contributed by atoms with Gasteiger partial charge in [0.05, 0.1) is 7.11 Å². The van der Waals surface area contributed by atoms with Crippen molar-refractivity contribution in [2.24, 2.45) is 0 Å². The van der Waals surface area contributed by atoms with Crippen LogP contribution in [0.4, 0.5) is 11.8 Å². The summed E-state index contributed by atoms with van der Waals surface area (Å²) in [5.41, 5.74) is 7.60. The van der Waals surface area contributed by atoms with Gasteiger partial charge in [-0.15, -0.1) is 5.10 Å². The van der Waals surface area contributed by atoms with E-state index in [2.05, 4.69) is 14.9 Å². The second-order valence-electron chi connectivity index (χ2n) is 7.00. The van der Waals surface area contributed by atoms with Gasteiger partial charge in [-0.05, 0) is 37.1 Å². The predicted octanol–water partition coefficient (Wildman–Crippen LogP) is 2.65. The molecule has 5 rings (SSSR count). The highest BCUT2D eigenvalue weighted by Gasteiger charge is 2.26. The third-order valence-corrected chi connectivity index (χ3v) is 5.29. The lowest BCUT2D eigenvalue weighted by atomic mass is 9.97. The van der Waals surface area contributed by atoms with Gasteiger partial charge in [0, 0.05) is 30.6 Å². The number of nitrogen functional groups attached to an aromatic ring is 1. The van der Waals surface area contributed by atoms with Gasteiger partial charge in [0.15, 0.2) is 11.5 Å². The van der Waals surface area contributed by atoms with Crippen LogP contribution >= 0.6 is 0 Å². The van der Waals surface area contributed by atoms with E-state index in [1.54, 1.807) is 11.6 Å². The normalized spacial score (nSPS) is 17.3. The molecular formula is C20H21N7O. The van der Waals surface area contributed by atoms with Crippen LogP contribution in [0.5, 0.6) is 5.75 Å². The summed E-state index contributed by atoms with van der Waals surface area (Å²) in [4.78, 5) is 16.1. The first kappa shape index (κ1) is 16.7. The molecule has 3 aromatic heterocycles. The van der Waals surface area contributed by atoms with E-state index in [4.69, 9.17) is 20.6 Å². The van der Waals surface area contributed by atoms with Gasteiger partial charge in [-0.1, -0.05) is 12.1 Å². The molecule has 4 heterocycles. The molecule has 8 nitrogen and oxygen atoms in total. The van der Waals surface area contributed by atoms with Gasteiger partial charge in [-0.25, -0.2) is 15.0 Å². The van der Waals surface area contributed by atoms with Crippen LogP contribution in [0.2, 0.25) is 0 Å². The monoisotopic (exact) mass is 375 g/mol. The first-order valence-corrected chi connectivity index (χ1v) is 9.39. The molecule has 8 heteroatoms. The van der Waals surface area contributed by atoms with Gasteiger partial charge in [-0.2, -0.15) is 4.52 Å². The van der Waals surface area contributed by atoms with Crippen molar-refractivity contribution in [3.05, 3.63) is 48.4 Å². The number of hydrogen-bond acceptors (Lipinski definition) is 7. The third kappa shape index (κ3) is 2.69. The van der Waals surface area contributed by atoms with Crippen LogP contribution in [0, 0.1) is 0 Å². The number of rotatable bonds is 3. The molecule has 0 radical (unpaired) electrons. The average Bonchev–Trinajstić information content (AvgIpc) is 3.21. The standard InChI is InChI=1S/C20H21N7O/c1-28-15-8-4-7-14-17(15)23-20(21)27-19(14)24-18(25-27)13-6-5-11-26(12-13)16-9-2-3-10-22-16/h2-4,7-10,13H,5-6,11-12H2,1H3,(H2,21,23)/t13-/m1/s1. The number of benzene rings is 1. The van der Waals surface area contributed by atoms with E-state index in [-0.39, 0.29) is 5.92 Å². The maximum atomic E-state index is 6.18. The number of hydrogen-bond donors (Lipinski definition) is 1. The van der Waals surface area contributed by atoms with Gasteiger partial charge in [0.2, 0.25) is 5.95 Å². The highest BCUT2D eigenvalue weighted by atomic mass is 16.5. The lowest BCUT2D eigenvalue weighted by molar-refractivity contribution is 0.419. The zero-order valence-corrected chi connectivity index (χ0v) is 15.6. The third-order valence-electron chi connectivity index (χ3n) is 5.29. The van der Waals surface area contributed by atoms with Crippen LogP contribution < -0.4 is 15.4 Å². The van der Waals surface area contributed by atoms with Crippen molar-refractivity contribution in [1.29, 1.82) is 0 Å². The number of nitrogens with two attached hydrogens (primary N) is 1. The predicted molar refractivity (Wildman–Crippen MR) is 108 cm³/mol. The summed E-state index contributed by atoms with van der Waals surface area (Å²) in [6.07, 6.45) is 3.93. The Kier molecular flexibility index (Phi) is 3.96. The number of nitrogens with zero attached hydrogens (tertiary/aromatic N) is 6. The van der Waals surface area contributed by atoms with E-state index in [0.29, 0.717) is 22.9 Å². The molecule has 142 valence electrons. The summed E-state index contributed by atoms with van der Waals surface area (Å²) in [6, 6.07) is 11.8. The number of methoxy groups -OCH3 is 1. The largest absolute Gasteiger partial charge is 0.494 e. The van der Waals surface area contributed by atoms with Crippen molar-refractivity contribution in [3.8, 4) is 5.75 Å². The van der Waals surface area contributed by atoms with Crippen molar-refractivity contribution in [3.63, 3.8) is 0 Å². The Bertz CT molecular complexity index is 1140. The molecule has 0 aliphatic carbocycles. The van der Waals surface area contributed by atoms with Crippen LogP contribution in [0.3, 0.4) is 0 Å². The molecule has 0 unspecified atom stereocenters. The number of pyridine rings is 1. The Morgan fingerprint density at radius 1 is 1.14 bits per heavy atom. The van der Waals surface area contributed by atoms with Gasteiger partial charge in [0.1, 0.15) is 17.1 Å². The fourth-order valence-electron chi connectivity index (χ4n) is 3.92. The summed E-state index contributed by atoms with van der Waals surface area (Å²) in [5, 5.41) is 5.58. The van der Waals surface area contributed by atoms with Gasteiger partial charge >= 0.3 is 0 Å². The quantitative estimate of drug-likeness (QED) is 0.588. The van der Waals surface area contributed by atoms with Gasteiger partial charge in [-0.3, -0.25) is 0 Å². The lowest BCUT2D eigenvalue weighted by Gasteiger charge is -2.32. The molecule has 1 aliphatic heterocycles. The zero-order valence-electron chi connectivity index (χ0n) is 15.6. The fourth-order valence-corrected chi connectivity index (χ4v) is 3.92. The second kappa shape index (κ2) is 6.63. The first-order chi connectivity index (χ1) is 13.7. The van der Waals surface area contributed by atoms with Crippen LogP contribution in [0.15, 0.2) is 42.6 Å². The topological polar surface area (TPSA) is 94.5 Å². The molecule has 1 fully saturated rings. The average molecular weight is 375 g/mol. The maximum Gasteiger partial charge on any atom is 0.223 e. The molecule has 2 N–H and O–H groups in total. The summed E-state index contributed by atoms with van der Waals surface area (Å²) in [5.74, 6) is 2.99. The molecule has 28 heavy (non-hydrogen) atoms. The highest BCUT2D eigenvalue weighted by molar-refractivity contribution is 5.95. The smallest absolute Gasteiger partial charge is 0.223 e. The number of piperidine rings is 1. The van der Waals surface area contributed by atoms with E-state index in [9.17, 15) is 0 Å². The summed E-state index contributed by atoms with van der Waals surface area (Å²) in [7, 11) is 1.63. The minimum atomic E-state index is 0.218. The van der Waals surface area contributed by atoms with Crippen molar-refractivity contribution < 1.29 is 4.74 Å². The SMILES string of the molecule is COc1cccc2c1nc(N)n1nc([C@@H]3CCCN(c4ccccn4)C3)nc21. The Labute approximate surface area is 162 Å². The number of fused-ring (bicyclic) bond motifs is 3. The minimum Gasteiger partial charge on any atom is -0.494 e. The van der Waals surface area contributed by atoms with Gasteiger partial charge in [0.25, 0.3) is 0 Å². The fraction of sp³-hybridized carbons (Fsp3) is 0.300. The molecule has 1 saturated heterocycles. The molecule has 0 saturated carbocycles. The van der Waals surface area contributed by atoms with E-state index >= 15 is 0 Å². The van der Waals surface area contributed by atoms with Crippen LogP contribution in [0.1, 0.15) is 24.6 Å². The Balaban J connectivity index is 1.56. The van der Waals surface area contributed by atoms with Crippen molar-refractivity contribution in [1.82, 2.24) is 24.6 Å². The van der Waals surface area contributed by atoms with Crippen molar-refractivity contribution in [2.45, 2.75) is 18.8 Å². The van der Waals surface area contributed by atoms with Crippen LogP contribution in [-0.4, -0.2) is 44.8 Å². The van der Waals surface area contributed by atoms with E-state index < -0.39 is 0 Å². The number of aromatic nitrogens is 5. The number of anilines is 2. The Morgan fingerprint density at radius 3 is 2.89 bits per heavy atom. The number of para-hydroxylation sites is 1. The Morgan fingerprint density at radius 2 is 2.07 bits per heavy atom. The summed E-state index contributed by atoms with van der Waals surface area (Å²) >= 11 is 0. The van der Waals surface area contributed by atoms with Crippen molar-refractivity contribution >= 4 is 28.3 Å². The van der Waals surface area contributed by atoms with E-state index in [1.165, 1.54) is 0 Å². The second-order valence-corrected chi connectivity index (χ2v) is 7.00. The molecule has 1 atom stereocenters. The summed E-state index contributed by atoms with van der Waals surface area (Å²) in [6.45, 7) is 1.83. The maximum absolute atomic E-state index is 6.18. The molecule has 1 aromatic carbocycles. The highest BCUT2D eigenvalue weighted by Crippen LogP contribution is 2.31. The van der Waals surface area contributed by atoms with E-state index in [0.717, 1.165) is 43.0 Å². The molecular weight excluding hydrogens is 354 g/mol. The van der Waals surface area contributed by atoms with Crippen LogP contribution in [0.25, 0.3) is 16.6 Å². The van der Waals surface area contributed by atoms with E-state index in [1.807, 2.05) is 42.6 Å².